The first-order valence-electron chi connectivity index (χ1n) is 18.3. The van der Waals surface area contributed by atoms with E-state index in [1.54, 1.807) is 39.5 Å². The number of fused-ring (bicyclic) bond motifs is 6. The largest absolute Gasteiger partial charge is 0.420 e. The molecule has 0 bridgehead atoms. The number of nitrogens with zero attached hydrogens (tertiary/aromatic N) is 3. The number of hydrogen-bond donors (Lipinski definition) is 0. The summed E-state index contributed by atoms with van der Waals surface area (Å²) in [6, 6.07) is 59.6. The summed E-state index contributed by atoms with van der Waals surface area (Å²) >= 11 is 0. The lowest BCUT2D eigenvalue weighted by atomic mass is 9.98. The van der Waals surface area contributed by atoms with Crippen molar-refractivity contribution in [3.05, 3.63) is 193 Å². The van der Waals surface area contributed by atoms with Crippen molar-refractivity contribution < 1.29 is 13.2 Å². The van der Waals surface area contributed by atoms with Gasteiger partial charge in [0.05, 0.1) is 45.1 Å². The van der Waals surface area contributed by atoms with Gasteiger partial charge in [0.15, 0.2) is 0 Å². The normalized spacial score (nSPS) is 11.8. The first-order chi connectivity index (χ1) is 27.4. The van der Waals surface area contributed by atoms with Crippen molar-refractivity contribution in [3.8, 4) is 50.8 Å². The maximum atomic E-state index is 16.2. The van der Waals surface area contributed by atoms with Crippen molar-refractivity contribution in [2.75, 3.05) is 0 Å². The number of hydrogen-bond acceptors (Lipinski definition) is 1. The molecule has 0 unspecified atom stereocenters. The van der Waals surface area contributed by atoms with Crippen LogP contribution in [0.1, 0.15) is 11.1 Å². The monoisotopic (exact) mass is 729 g/mol. The molecule has 2 aromatic heterocycles. The molecule has 0 amide bonds. The summed E-state index contributed by atoms with van der Waals surface area (Å²) in [6.07, 6.45) is -4.78. The Hall–Kier alpha value is -7.36. The summed E-state index contributed by atoms with van der Waals surface area (Å²) in [5.74, 6) is 0. The summed E-state index contributed by atoms with van der Waals surface area (Å²) in [6.45, 7) is 0. The first-order valence-corrected chi connectivity index (χ1v) is 18.3. The third-order valence-corrected chi connectivity index (χ3v) is 10.7. The molecule has 6 heteroatoms. The second-order valence-electron chi connectivity index (χ2n) is 14.0. The van der Waals surface area contributed by atoms with Gasteiger partial charge in [0, 0.05) is 21.5 Å². The van der Waals surface area contributed by atoms with Crippen LogP contribution >= 0.6 is 0 Å². The fourth-order valence-corrected chi connectivity index (χ4v) is 8.28. The molecule has 0 spiro atoms. The van der Waals surface area contributed by atoms with Crippen LogP contribution in [0.2, 0.25) is 0 Å². The Bertz CT molecular complexity index is 3010. The molecule has 0 atom stereocenters. The van der Waals surface area contributed by atoms with Crippen molar-refractivity contribution in [2.24, 2.45) is 0 Å². The van der Waals surface area contributed by atoms with E-state index < -0.39 is 11.7 Å². The van der Waals surface area contributed by atoms with Crippen LogP contribution in [0.15, 0.2) is 182 Å². The highest BCUT2D eigenvalue weighted by Gasteiger charge is 2.39. The molecule has 266 valence electrons. The van der Waals surface area contributed by atoms with E-state index in [1.807, 2.05) is 140 Å². The minimum Gasteiger partial charge on any atom is -0.309 e. The zero-order valence-corrected chi connectivity index (χ0v) is 29.8. The SMILES string of the molecule is N#Cc1cccc(-c2cc(-n3c4ccccc4c4cc(-c5ccccc5)ccc43)c(C(F)(F)F)c(-n3c4ccccc4c4cc(-c5ccccc5)ccc43)c2)c1. The molecule has 0 N–H and O–H groups in total. The molecule has 0 radical (unpaired) electrons. The van der Waals surface area contributed by atoms with Crippen LogP contribution in [0.4, 0.5) is 13.2 Å². The zero-order chi connectivity index (χ0) is 38.0. The van der Waals surface area contributed by atoms with Crippen LogP contribution in [0.5, 0.6) is 0 Å². The topological polar surface area (TPSA) is 33.6 Å². The fourth-order valence-electron chi connectivity index (χ4n) is 8.28. The predicted molar refractivity (Wildman–Crippen MR) is 221 cm³/mol. The van der Waals surface area contributed by atoms with Crippen molar-refractivity contribution in [1.82, 2.24) is 9.13 Å². The lowest BCUT2D eigenvalue weighted by molar-refractivity contribution is -0.137. The Morgan fingerprint density at radius 1 is 0.375 bits per heavy atom. The predicted octanol–water partition coefficient (Wildman–Crippen LogP) is 13.8. The second-order valence-corrected chi connectivity index (χ2v) is 14.0. The number of alkyl halides is 3. The minimum atomic E-state index is -4.78. The van der Waals surface area contributed by atoms with Gasteiger partial charge in [-0.25, -0.2) is 0 Å². The lowest BCUT2D eigenvalue weighted by Gasteiger charge is -2.23. The number of para-hydroxylation sites is 2. The number of nitriles is 1. The smallest absolute Gasteiger partial charge is 0.309 e. The standard InChI is InChI=1S/C50H30F3N3/c51-50(52,53)49-47(55-43-20-9-7-18-39(43)41-27-36(22-24-45(41)55)33-13-3-1-4-14-33)29-38(35-17-11-12-32(26-35)31-54)30-48(49)56-44-21-10-8-19-40(44)42-28-37(23-25-46(42)56)34-15-5-2-6-16-34/h1-30H. The minimum absolute atomic E-state index is 0.00198. The molecule has 0 saturated heterocycles. The number of rotatable bonds is 5. The van der Waals surface area contributed by atoms with Gasteiger partial charge in [0.2, 0.25) is 0 Å². The van der Waals surface area contributed by atoms with Gasteiger partial charge in [-0.15, -0.1) is 0 Å². The van der Waals surface area contributed by atoms with E-state index in [-0.39, 0.29) is 11.4 Å². The summed E-state index contributed by atoms with van der Waals surface area (Å²) in [4.78, 5) is 0. The van der Waals surface area contributed by atoms with E-state index in [0.717, 1.165) is 43.8 Å². The second kappa shape index (κ2) is 12.9. The average Bonchev–Trinajstić information content (AvgIpc) is 3.75. The Labute approximate surface area is 320 Å². The molecule has 0 aliphatic carbocycles. The van der Waals surface area contributed by atoms with E-state index >= 15 is 13.2 Å². The quantitative estimate of drug-likeness (QED) is 0.174. The van der Waals surface area contributed by atoms with Gasteiger partial charge in [-0.1, -0.05) is 121 Å². The maximum Gasteiger partial charge on any atom is 0.420 e. The molecular formula is C50H30F3N3. The summed E-state index contributed by atoms with van der Waals surface area (Å²) < 4.78 is 52.3. The Morgan fingerprint density at radius 2 is 0.804 bits per heavy atom. The van der Waals surface area contributed by atoms with Gasteiger partial charge < -0.3 is 9.13 Å². The van der Waals surface area contributed by atoms with E-state index in [1.165, 1.54) is 0 Å². The van der Waals surface area contributed by atoms with Crippen molar-refractivity contribution in [2.45, 2.75) is 6.18 Å². The van der Waals surface area contributed by atoms with Crippen molar-refractivity contribution in [1.29, 1.82) is 5.26 Å². The summed E-state index contributed by atoms with van der Waals surface area (Å²) in [5.41, 5.74) is 7.44. The molecule has 8 aromatic carbocycles. The number of aromatic nitrogens is 2. The van der Waals surface area contributed by atoms with E-state index in [9.17, 15) is 5.26 Å². The van der Waals surface area contributed by atoms with Gasteiger partial charge >= 0.3 is 6.18 Å². The highest BCUT2D eigenvalue weighted by atomic mass is 19.4. The molecule has 56 heavy (non-hydrogen) atoms. The summed E-state index contributed by atoms with van der Waals surface area (Å²) in [5, 5.41) is 13.2. The van der Waals surface area contributed by atoms with Crippen LogP contribution in [-0.2, 0) is 6.18 Å². The zero-order valence-electron chi connectivity index (χ0n) is 29.8. The summed E-state index contributed by atoms with van der Waals surface area (Å²) in [7, 11) is 0. The van der Waals surface area contributed by atoms with Gasteiger partial charge in [-0.3, -0.25) is 0 Å². The fraction of sp³-hybridized carbons (Fsp3) is 0.0200. The van der Waals surface area contributed by atoms with E-state index in [2.05, 4.69) is 18.2 Å². The molecule has 0 aliphatic heterocycles. The van der Waals surface area contributed by atoms with Crippen LogP contribution < -0.4 is 0 Å². The average molecular weight is 730 g/mol. The molecular weight excluding hydrogens is 700 g/mol. The van der Waals surface area contributed by atoms with Gasteiger partial charge in [0.25, 0.3) is 0 Å². The van der Waals surface area contributed by atoms with Crippen LogP contribution in [-0.4, -0.2) is 9.13 Å². The molecule has 10 rings (SSSR count). The lowest BCUT2D eigenvalue weighted by Crippen LogP contribution is -2.16. The van der Waals surface area contributed by atoms with Gasteiger partial charge in [-0.2, -0.15) is 18.4 Å². The molecule has 3 nitrogen and oxygen atoms in total. The third kappa shape index (κ3) is 5.36. The van der Waals surface area contributed by atoms with Crippen LogP contribution in [0.25, 0.3) is 88.4 Å². The van der Waals surface area contributed by atoms with E-state index in [4.69, 9.17) is 0 Å². The Kier molecular flexibility index (Phi) is 7.65. The Balaban J connectivity index is 1.34. The van der Waals surface area contributed by atoms with Gasteiger partial charge in [-0.05, 0) is 94.0 Å². The third-order valence-electron chi connectivity index (χ3n) is 10.7. The van der Waals surface area contributed by atoms with Gasteiger partial charge in [0.1, 0.15) is 5.56 Å². The molecule has 0 saturated carbocycles. The highest BCUT2D eigenvalue weighted by molar-refractivity contribution is 6.12. The Morgan fingerprint density at radius 3 is 1.29 bits per heavy atom. The van der Waals surface area contributed by atoms with Crippen molar-refractivity contribution in [3.63, 3.8) is 0 Å². The molecule has 0 fully saturated rings. The van der Waals surface area contributed by atoms with Crippen LogP contribution in [0.3, 0.4) is 0 Å². The maximum absolute atomic E-state index is 16.2. The first kappa shape index (κ1) is 33.2. The molecule has 10 aromatic rings. The molecule has 2 heterocycles. The van der Waals surface area contributed by atoms with Crippen LogP contribution in [0, 0.1) is 11.3 Å². The van der Waals surface area contributed by atoms with Crippen molar-refractivity contribution >= 4 is 43.6 Å². The number of halogens is 3. The highest BCUT2D eigenvalue weighted by Crippen LogP contribution is 2.46. The van der Waals surface area contributed by atoms with E-state index in [0.29, 0.717) is 38.8 Å². The molecule has 0 aliphatic rings. The number of benzene rings is 8.